The van der Waals surface area contributed by atoms with Crippen molar-refractivity contribution in [1.29, 1.82) is 0 Å². The first kappa shape index (κ1) is 22.0. The van der Waals surface area contributed by atoms with Crippen LogP contribution in [0.25, 0.3) is 0 Å². The maximum absolute atomic E-state index is 13.8. The quantitative estimate of drug-likeness (QED) is 0.666. The molecule has 2 N–H and O–H groups in total. The van der Waals surface area contributed by atoms with Crippen molar-refractivity contribution in [2.75, 3.05) is 5.32 Å². The summed E-state index contributed by atoms with van der Waals surface area (Å²) in [5, 5.41) is 13.4. The number of anilines is 1. The molecule has 0 aliphatic heterocycles. The lowest BCUT2D eigenvalue weighted by Crippen LogP contribution is -2.43. The number of aliphatic hydroxyl groups is 1. The Kier molecular flexibility index (Phi) is 6.01. The molecule has 4 nitrogen and oxygen atoms in total. The van der Waals surface area contributed by atoms with E-state index in [1.807, 2.05) is 0 Å². The van der Waals surface area contributed by atoms with Gasteiger partial charge in [-0.1, -0.05) is 35.9 Å². The Morgan fingerprint density at radius 3 is 2.04 bits per heavy atom. The van der Waals surface area contributed by atoms with Gasteiger partial charge in [-0.2, -0.15) is 13.2 Å². The topological polar surface area (TPSA) is 58.6 Å². The second-order valence-electron chi connectivity index (χ2n) is 7.37. The van der Waals surface area contributed by atoms with E-state index >= 15 is 0 Å². The molecular weight excluding hydrogens is 395 g/mol. The molecule has 2 aromatic carbocycles. The summed E-state index contributed by atoms with van der Waals surface area (Å²) >= 11 is 5.75. The van der Waals surface area contributed by atoms with E-state index < -0.39 is 23.5 Å². The molecule has 2 rings (SSSR count). The van der Waals surface area contributed by atoms with Gasteiger partial charge in [-0.3, -0.25) is 5.32 Å². The lowest BCUT2D eigenvalue weighted by molar-refractivity contribution is -0.248. The summed E-state index contributed by atoms with van der Waals surface area (Å²) < 4.78 is 46.6. The van der Waals surface area contributed by atoms with Crippen molar-refractivity contribution in [3.63, 3.8) is 0 Å². The third-order valence-corrected chi connectivity index (χ3v) is 4.20. The Hall–Kier alpha value is -2.25. The van der Waals surface area contributed by atoms with Crippen molar-refractivity contribution < 1.29 is 27.8 Å². The van der Waals surface area contributed by atoms with E-state index in [-0.39, 0.29) is 21.8 Å². The van der Waals surface area contributed by atoms with Gasteiger partial charge in [0.25, 0.3) is 0 Å². The van der Waals surface area contributed by atoms with E-state index in [4.69, 9.17) is 16.3 Å². The van der Waals surface area contributed by atoms with Gasteiger partial charge in [0, 0.05) is 10.7 Å². The van der Waals surface area contributed by atoms with Crippen LogP contribution in [0.4, 0.5) is 23.7 Å². The van der Waals surface area contributed by atoms with Crippen molar-refractivity contribution in [2.24, 2.45) is 0 Å². The molecule has 1 amide bonds. The van der Waals surface area contributed by atoms with Crippen LogP contribution in [-0.2, 0) is 10.3 Å². The average molecular weight is 416 g/mol. The number of hydrogen-bond acceptors (Lipinski definition) is 3. The minimum Gasteiger partial charge on any atom is -0.444 e. The van der Waals surface area contributed by atoms with Crippen LogP contribution in [0.2, 0.25) is 5.02 Å². The number of benzene rings is 2. The maximum atomic E-state index is 13.8. The number of nitrogens with one attached hydrogen (secondary N) is 1. The highest BCUT2D eigenvalue weighted by molar-refractivity contribution is 6.30. The molecule has 152 valence electrons. The first-order valence-corrected chi connectivity index (χ1v) is 8.78. The molecule has 2 aromatic rings. The Labute approximate surface area is 166 Å². The molecule has 0 heterocycles. The first-order valence-electron chi connectivity index (χ1n) is 8.40. The minimum atomic E-state index is -4.98. The molecule has 0 aliphatic rings. The van der Waals surface area contributed by atoms with Crippen molar-refractivity contribution in [3.05, 3.63) is 64.2 Å². The third-order valence-electron chi connectivity index (χ3n) is 3.95. The predicted molar refractivity (Wildman–Crippen MR) is 102 cm³/mol. The van der Waals surface area contributed by atoms with Crippen LogP contribution < -0.4 is 5.32 Å². The van der Waals surface area contributed by atoms with Gasteiger partial charge in [0.1, 0.15) is 5.60 Å². The molecule has 0 radical (unpaired) electrons. The Bertz CT molecular complexity index is 860. The first-order chi connectivity index (χ1) is 12.7. The summed E-state index contributed by atoms with van der Waals surface area (Å²) in [5.74, 6) is 0. The lowest BCUT2D eigenvalue weighted by atomic mass is 9.85. The van der Waals surface area contributed by atoms with Gasteiger partial charge in [-0.25, -0.2) is 4.79 Å². The van der Waals surface area contributed by atoms with E-state index in [9.17, 15) is 23.1 Å². The Balaban J connectivity index is 2.43. The number of rotatable bonds is 3. The molecule has 0 spiro atoms. The number of amides is 1. The SMILES string of the molecule is Cc1cc(C(O)(c2ccc(Cl)cc2)C(F)(F)F)ccc1NC(=O)OC(C)(C)C. The van der Waals surface area contributed by atoms with Gasteiger partial charge in [-0.15, -0.1) is 0 Å². The molecule has 1 atom stereocenters. The van der Waals surface area contributed by atoms with Gasteiger partial charge < -0.3 is 9.84 Å². The van der Waals surface area contributed by atoms with Crippen LogP contribution in [0.1, 0.15) is 37.5 Å². The van der Waals surface area contributed by atoms with Gasteiger partial charge in [-0.05, 0) is 62.6 Å². The highest BCUT2D eigenvalue weighted by atomic mass is 35.5. The summed E-state index contributed by atoms with van der Waals surface area (Å²) in [4.78, 5) is 11.9. The zero-order valence-corrected chi connectivity index (χ0v) is 16.6. The maximum Gasteiger partial charge on any atom is 0.425 e. The van der Waals surface area contributed by atoms with Crippen LogP contribution >= 0.6 is 11.6 Å². The number of carbonyl (C=O) groups is 1. The van der Waals surface area contributed by atoms with E-state index in [1.54, 1.807) is 20.8 Å². The van der Waals surface area contributed by atoms with Crippen LogP contribution in [0, 0.1) is 6.92 Å². The van der Waals surface area contributed by atoms with Crippen LogP contribution in [0.3, 0.4) is 0 Å². The molecule has 0 aliphatic carbocycles. The molecule has 8 heteroatoms. The summed E-state index contributed by atoms with van der Waals surface area (Å²) in [6, 6.07) is 8.38. The number of alkyl halides is 3. The number of hydrogen-bond donors (Lipinski definition) is 2. The monoisotopic (exact) mass is 415 g/mol. The predicted octanol–water partition coefficient (Wildman–Crippen LogP) is 5.79. The molecule has 0 saturated carbocycles. The second kappa shape index (κ2) is 7.64. The summed E-state index contributed by atoms with van der Waals surface area (Å²) in [6.45, 7) is 6.60. The van der Waals surface area contributed by atoms with Gasteiger partial charge >= 0.3 is 12.3 Å². The van der Waals surface area contributed by atoms with E-state index in [0.29, 0.717) is 5.56 Å². The zero-order chi connectivity index (χ0) is 21.3. The molecule has 0 fully saturated rings. The fourth-order valence-electron chi connectivity index (χ4n) is 2.63. The van der Waals surface area contributed by atoms with Crippen LogP contribution in [0.15, 0.2) is 42.5 Å². The van der Waals surface area contributed by atoms with Gasteiger partial charge in [0.15, 0.2) is 0 Å². The van der Waals surface area contributed by atoms with Gasteiger partial charge in [0.2, 0.25) is 5.60 Å². The summed E-state index contributed by atoms with van der Waals surface area (Å²) in [5.41, 5.74) is -4.08. The number of ether oxygens (including phenoxy) is 1. The molecular formula is C20H21ClF3NO3. The largest absolute Gasteiger partial charge is 0.444 e. The normalized spacial score (nSPS) is 14.3. The van der Waals surface area contributed by atoms with Crippen molar-refractivity contribution >= 4 is 23.4 Å². The van der Waals surface area contributed by atoms with Gasteiger partial charge in [0.05, 0.1) is 0 Å². The molecule has 0 saturated heterocycles. The fourth-order valence-corrected chi connectivity index (χ4v) is 2.75. The average Bonchev–Trinajstić information content (AvgIpc) is 2.54. The Morgan fingerprint density at radius 2 is 1.57 bits per heavy atom. The van der Waals surface area contributed by atoms with Crippen molar-refractivity contribution in [2.45, 2.75) is 45.1 Å². The van der Waals surface area contributed by atoms with Crippen LogP contribution in [0.5, 0.6) is 0 Å². The highest BCUT2D eigenvalue weighted by Gasteiger charge is 2.56. The molecule has 28 heavy (non-hydrogen) atoms. The number of halogens is 4. The number of carbonyl (C=O) groups excluding carboxylic acids is 1. The highest BCUT2D eigenvalue weighted by Crippen LogP contribution is 2.45. The second-order valence-corrected chi connectivity index (χ2v) is 7.81. The molecule has 0 aromatic heterocycles. The van der Waals surface area contributed by atoms with E-state index in [1.165, 1.54) is 31.2 Å². The van der Waals surface area contributed by atoms with E-state index in [0.717, 1.165) is 18.2 Å². The van der Waals surface area contributed by atoms with Crippen molar-refractivity contribution in [1.82, 2.24) is 0 Å². The summed E-state index contributed by atoms with van der Waals surface area (Å²) in [7, 11) is 0. The number of aryl methyl sites for hydroxylation is 1. The molecule has 1 unspecified atom stereocenters. The van der Waals surface area contributed by atoms with Crippen LogP contribution in [-0.4, -0.2) is 23.0 Å². The zero-order valence-electron chi connectivity index (χ0n) is 15.8. The minimum absolute atomic E-state index is 0.251. The van der Waals surface area contributed by atoms with Crippen molar-refractivity contribution in [3.8, 4) is 0 Å². The fraction of sp³-hybridized carbons (Fsp3) is 0.350. The summed E-state index contributed by atoms with van der Waals surface area (Å²) in [6.07, 6.45) is -5.71. The standard InChI is InChI=1S/C20H21ClF3NO3/c1-12-11-14(7-10-16(12)25-17(26)28-18(2,3)4)19(27,20(22,23)24)13-5-8-15(21)9-6-13/h5-11,27H,1-4H3,(H,25,26). The Morgan fingerprint density at radius 1 is 1.04 bits per heavy atom. The smallest absolute Gasteiger partial charge is 0.425 e. The molecule has 0 bridgehead atoms. The third kappa shape index (κ3) is 4.77. The van der Waals surface area contributed by atoms with E-state index in [2.05, 4.69) is 5.32 Å². The lowest BCUT2D eigenvalue weighted by Gasteiger charge is -2.32.